The predicted molar refractivity (Wildman–Crippen MR) is 142 cm³/mol. The Bertz CT molecular complexity index is 1270. The van der Waals surface area contributed by atoms with Crippen molar-refractivity contribution in [2.24, 2.45) is 0 Å². The van der Waals surface area contributed by atoms with Gasteiger partial charge in [0.15, 0.2) is 11.5 Å². The van der Waals surface area contributed by atoms with E-state index in [1.54, 1.807) is 13.3 Å². The van der Waals surface area contributed by atoms with Gasteiger partial charge < -0.3 is 39.7 Å². The Balaban J connectivity index is 0.000000531. The Morgan fingerprint density at radius 2 is 1.82 bits per heavy atom. The molecule has 11 nitrogen and oxygen atoms in total. The molecule has 0 saturated carbocycles. The molecule has 1 saturated heterocycles. The highest BCUT2D eigenvalue weighted by atomic mass is 16.6. The summed E-state index contributed by atoms with van der Waals surface area (Å²) < 4.78 is 17.2. The molecule has 1 fully saturated rings. The van der Waals surface area contributed by atoms with Gasteiger partial charge in [-0.15, -0.1) is 0 Å². The molecule has 2 aliphatic heterocycles. The average Bonchev–Trinajstić information content (AvgIpc) is 2.96. The van der Waals surface area contributed by atoms with Crippen LogP contribution in [0.15, 0.2) is 54.7 Å². The Hall–Kier alpha value is -3.93. The first-order valence-electron chi connectivity index (χ1n) is 12.7. The number of aromatic nitrogens is 1. The summed E-state index contributed by atoms with van der Waals surface area (Å²) in [7, 11) is 1.65. The van der Waals surface area contributed by atoms with Crippen LogP contribution in [0.2, 0.25) is 0 Å². The van der Waals surface area contributed by atoms with E-state index in [9.17, 15) is 5.11 Å². The molecule has 4 N–H and O–H groups in total. The summed E-state index contributed by atoms with van der Waals surface area (Å²) in [5.74, 6) is -1.24. The molecule has 2 aliphatic rings. The van der Waals surface area contributed by atoms with Gasteiger partial charge in [-0.05, 0) is 67.9 Å². The minimum atomic E-state index is -1.82. The number of aliphatic carboxylic acids is 2. The lowest BCUT2D eigenvalue weighted by Gasteiger charge is -2.35. The molecule has 0 radical (unpaired) electrons. The maximum absolute atomic E-state index is 11.0. The van der Waals surface area contributed by atoms with E-state index >= 15 is 0 Å². The van der Waals surface area contributed by atoms with Crippen LogP contribution in [0.25, 0.3) is 10.9 Å². The van der Waals surface area contributed by atoms with Crippen molar-refractivity contribution in [2.75, 3.05) is 39.9 Å². The Labute approximate surface area is 225 Å². The lowest BCUT2D eigenvalue weighted by atomic mass is 10.0. The fraction of sp³-hybridized carbons (Fsp3) is 0.393. The number of fused-ring (bicyclic) bond motifs is 2. The van der Waals surface area contributed by atoms with Gasteiger partial charge in [0.05, 0.1) is 18.7 Å². The number of ether oxygens (including phenoxy) is 3. The van der Waals surface area contributed by atoms with Crippen molar-refractivity contribution in [1.82, 2.24) is 15.2 Å². The normalized spacial score (nSPS) is 18.1. The van der Waals surface area contributed by atoms with Crippen molar-refractivity contribution in [2.45, 2.75) is 31.1 Å². The minimum Gasteiger partial charge on any atom is -0.497 e. The quantitative estimate of drug-likeness (QED) is 0.328. The molecule has 0 amide bonds. The van der Waals surface area contributed by atoms with Crippen molar-refractivity contribution in [3.63, 3.8) is 0 Å². The molecule has 3 heterocycles. The van der Waals surface area contributed by atoms with Crippen LogP contribution in [0.4, 0.5) is 0 Å². The molecular weight excluding hydrogens is 506 g/mol. The average molecular weight is 540 g/mol. The van der Waals surface area contributed by atoms with E-state index in [0.717, 1.165) is 66.2 Å². The third-order valence-electron chi connectivity index (χ3n) is 6.74. The maximum atomic E-state index is 11.0. The fourth-order valence-electron chi connectivity index (χ4n) is 4.69. The molecule has 5 rings (SSSR count). The number of para-hydroxylation sites is 2. The number of methoxy groups -OCH3 is 1. The van der Waals surface area contributed by atoms with Crippen LogP contribution in [0.3, 0.4) is 0 Å². The van der Waals surface area contributed by atoms with Gasteiger partial charge in [0, 0.05) is 30.7 Å². The Kier molecular flexibility index (Phi) is 9.53. The van der Waals surface area contributed by atoms with Crippen LogP contribution >= 0.6 is 0 Å². The van der Waals surface area contributed by atoms with E-state index in [2.05, 4.69) is 15.2 Å². The number of piperidine rings is 1. The van der Waals surface area contributed by atoms with Crippen LogP contribution in [0, 0.1) is 0 Å². The molecule has 2 atom stereocenters. The lowest BCUT2D eigenvalue weighted by Crippen LogP contribution is -2.47. The summed E-state index contributed by atoms with van der Waals surface area (Å²) >= 11 is 0. The van der Waals surface area contributed by atoms with Crippen molar-refractivity contribution in [3.8, 4) is 17.2 Å². The van der Waals surface area contributed by atoms with Gasteiger partial charge in [-0.2, -0.15) is 0 Å². The van der Waals surface area contributed by atoms with E-state index in [4.69, 9.17) is 34.0 Å². The fourth-order valence-corrected chi connectivity index (χ4v) is 4.69. The molecule has 0 bridgehead atoms. The Morgan fingerprint density at radius 3 is 2.51 bits per heavy atom. The zero-order valence-corrected chi connectivity index (χ0v) is 21.7. The molecule has 1 unspecified atom stereocenters. The number of nitrogens with zero attached hydrogens (tertiary/aromatic N) is 2. The molecule has 0 spiro atoms. The largest absolute Gasteiger partial charge is 0.497 e. The number of carboxylic acids is 2. The molecule has 39 heavy (non-hydrogen) atoms. The second kappa shape index (κ2) is 13.2. The summed E-state index contributed by atoms with van der Waals surface area (Å²) in [6.07, 6.45) is 3.31. The minimum absolute atomic E-state index is 0.0247. The number of likely N-dealkylation sites (tertiary alicyclic amines) is 1. The van der Waals surface area contributed by atoms with Crippen molar-refractivity contribution in [3.05, 3.63) is 60.3 Å². The number of rotatable bonds is 7. The van der Waals surface area contributed by atoms with Crippen molar-refractivity contribution < 1.29 is 39.1 Å². The highest BCUT2D eigenvalue weighted by Gasteiger charge is 2.25. The van der Waals surface area contributed by atoms with Crippen LogP contribution in [0.5, 0.6) is 17.2 Å². The lowest BCUT2D eigenvalue weighted by molar-refractivity contribution is -0.159. The Morgan fingerprint density at radius 1 is 1.10 bits per heavy atom. The van der Waals surface area contributed by atoms with Gasteiger partial charge in [0.25, 0.3) is 0 Å². The second-order valence-corrected chi connectivity index (χ2v) is 9.39. The summed E-state index contributed by atoms with van der Waals surface area (Å²) in [5, 5.41) is 30.4. The smallest absolute Gasteiger partial charge is 0.414 e. The number of carbonyl (C=O) groups is 2. The molecule has 208 valence electrons. The van der Waals surface area contributed by atoms with Gasteiger partial charge in [-0.3, -0.25) is 4.98 Å². The molecule has 1 aromatic heterocycles. The number of carboxylic acid groups (broad SMARTS) is 2. The molecular formula is C28H33N3O8. The van der Waals surface area contributed by atoms with Crippen LogP contribution in [-0.4, -0.2) is 89.2 Å². The number of nitrogens with one attached hydrogen (secondary N) is 1. The number of aliphatic hydroxyl groups excluding tert-OH is 1. The standard InChI is InChI=1S/C26H31N3O4.C2H2O4/c1-31-19-6-7-23-22(14-19)21(8-11-27-23)24(30)16-29-12-9-18(10-13-29)28-15-20-17-32-25-4-2-3-5-26(25)33-20;3-1(4)2(5)6/h2-8,11,14,18,20,24,28,30H,9-10,12-13,15-17H2,1H3;(H,3,4)(H,5,6)/t20?,24-;/m0./s1. The monoisotopic (exact) mass is 539 g/mol. The summed E-state index contributed by atoms with van der Waals surface area (Å²) in [4.78, 5) is 25.0. The van der Waals surface area contributed by atoms with Crippen LogP contribution in [0.1, 0.15) is 24.5 Å². The van der Waals surface area contributed by atoms with Gasteiger partial charge >= 0.3 is 11.9 Å². The summed E-state index contributed by atoms with van der Waals surface area (Å²) in [6.45, 7) is 3.85. The van der Waals surface area contributed by atoms with Crippen molar-refractivity contribution >= 4 is 22.8 Å². The van der Waals surface area contributed by atoms with Gasteiger partial charge in [0.2, 0.25) is 0 Å². The molecule has 0 aliphatic carbocycles. The zero-order valence-electron chi connectivity index (χ0n) is 21.7. The van der Waals surface area contributed by atoms with E-state index < -0.39 is 18.0 Å². The second-order valence-electron chi connectivity index (χ2n) is 9.39. The number of β-amino-alcohol motifs (C(OH)–C–C–N with tert-alkyl or cyclic N) is 1. The first kappa shape index (κ1) is 28.1. The number of hydrogen-bond donors (Lipinski definition) is 4. The van der Waals surface area contributed by atoms with Crippen molar-refractivity contribution in [1.29, 1.82) is 0 Å². The van der Waals surface area contributed by atoms with E-state index in [1.807, 2.05) is 48.5 Å². The van der Waals surface area contributed by atoms with E-state index in [-0.39, 0.29) is 6.10 Å². The number of benzene rings is 2. The highest BCUT2D eigenvalue weighted by molar-refractivity contribution is 6.27. The molecule has 2 aromatic carbocycles. The maximum Gasteiger partial charge on any atom is 0.414 e. The summed E-state index contributed by atoms with van der Waals surface area (Å²) in [6, 6.07) is 15.9. The number of hydrogen-bond acceptors (Lipinski definition) is 9. The third kappa shape index (κ3) is 7.56. The zero-order chi connectivity index (χ0) is 27.8. The van der Waals surface area contributed by atoms with Crippen LogP contribution < -0.4 is 19.5 Å². The van der Waals surface area contributed by atoms with Gasteiger partial charge in [0.1, 0.15) is 18.5 Å². The first-order valence-corrected chi connectivity index (χ1v) is 12.7. The molecule has 11 heteroatoms. The number of aliphatic hydroxyl groups is 1. The van der Waals surface area contributed by atoms with E-state index in [0.29, 0.717) is 19.2 Å². The van der Waals surface area contributed by atoms with E-state index in [1.165, 1.54) is 0 Å². The SMILES string of the molecule is COc1ccc2nccc([C@@H](O)CN3CCC(NCC4COc5ccccc5O4)CC3)c2c1.O=C(O)C(=O)O. The highest BCUT2D eigenvalue weighted by Crippen LogP contribution is 2.31. The predicted octanol–water partition coefficient (Wildman–Crippen LogP) is 2.33. The molecule has 3 aromatic rings. The first-order chi connectivity index (χ1) is 18.8. The van der Waals surface area contributed by atoms with Gasteiger partial charge in [-0.25, -0.2) is 9.59 Å². The van der Waals surface area contributed by atoms with Crippen LogP contribution in [-0.2, 0) is 9.59 Å². The summed E-state index contributed by atoms with van der Waals surface area (Å²) in [5.41, 5.74) is 1.76. The topological polar surface area (TPSA) is 151 Å². The number of pyridine rings is 1. The van der Waals surface area contributed by atoms with Gasteiger partial charge in [-0.1, -0.05) is 12.1 Å². The third-order valence-corrected chi connectivity index (χ3v) is 6.74.